The molecule has 0 saturated carbocycles. The molecule has 0 radical (unpaired) electrons. The minimum Gasteiger partial charge on any atom is -0.472 e. The minimum atomic E-state index is -0.628. The summed E-state index contributed by atoms with van der Waals surface area (Å²) in [6, 6.07) is 0. The Morgan fingerprint density at radius 3 is 3.08 bits per heavy atom. The Hall–Kier alpha value is -1.91. The number of aromatic nitrogens is 2. The van der Waals surface area contributed by atoms with Gasteiger partial charge in [0.15, 0.2) is 0 Å². The van der Waals surface area contributed by atoms with E-state index >= 15 is 0 Å². The topological polar surface area (TPSA) is 78.1 Å². The molecule has 0 spiro atoms. The average Bonchev–Trinajstić information content (AvgIpc) is 2.15. The van der Waals surface area contributed by atoms with E-state index in [0.29, 0.717) is 6.61 Å². The molecule has 0 fully saturated rings. The predicted octanol–water partition coefficient (Wildman–Crippen LogP) is 0.140. The molecule has 0 saturated heterocycles. The Kier molecular flexibility index (Phi) is 2.97. The molecule has 0 unspecified atom stereocenters. The Morgan fingerprint density at radius 2 is 2.46 bits per heavy atom. The molecule has 0 aliphatic heterocycles. The van der Waals surface area contributed by atoms with Crippen molar-refractivity contribution in [2.24, 2.45) is 5.73 Å². The molecule has 2 N–H and O–H groups in total. The highest BCUT2D eigenvalue weighted by Crippen LogP contribution is 2.03. The van der Waals surface area contributed by atoms with Gasteiger partial charge < -0.3 is 10.5 Å². The fourth-order valence-electron chi connectivity index (χ4n) is 0.681. The fraction of sp³-hybridized carbons (Fsp3) is 0.125. The van der Waals surface area contributed by atoms with Gasteiger partial charge in [0.25, 0.3) is 5.91 Å². The van der Waals surface area contributed by atoms with Crippen LogP contribution in [0.3, 0.4) is 0 Å². The molecule has 1 aromatic heterocycles. The number of primary amides is 1. The Morgan fingerprint density at radius 1 is 1.69 bits per heavy atom. The monoisotopic (exact) mass is 179 g/mol. The van der Waals surface area contributed by atoms with Crippen LogP contribution in [-0.4, -0.2) is 22.5 Å². The van der Waals surface area contributed by atoms with Crippen LogP contribution in [0.4, 0.5) is 0 Å². The highest BCUT2D eigenvalue weighted by atomic mass is 16.5. The van der Waals surface area contributed by atoms with Crippen LogP contribution in [0, 0.1) is 0 Å². The summed E-state index contributed by atoms with van der Waals surface area (Å²) in [6.45, 7) is 3.78. The molecule has 0 aliphatic carbocycles. The summed E-state index contributed by atoms with van der Waals surface area (Å²) >= 11 is 0. The number of nitrogens with two attached hydrogens (primary N) is 1. The first-order valence-electron chi connectivity index (χ1n) is 3.59. The number of carbonyl (C=O) groups is 1. The van der Waals surface area contributed by atoms with Crippen molar-refractivity contribution in [3.05, 3.63) is 30.7 Å². The van der Waals surface area contributed by atoms with Crippen molar-refractivity contribution in [1.29, 1.82) is 0 Å². The number of hydrogen-bond acceptors (Lipinski definition) is 4. The molecule has 68 valence electrons. The molecular formula is C8H9N3O2. The van der Waals surface area contributed by atoms with Gasteiger partial charge in [0.05, 0.1) is 12.4 Å². The van der Waals surface area contributed by atoms with Gasteiger partial charge in [-0.25, -0.2) is 4.98 Å². The molecule has 0 bridgehead atoms. The van der Waals surface area contributed by atoms with Crippen molar-refractivity contribution in [3.63, 3.8) is 0 Å². The van der Waals surface area contributed by atoms with Crippen molar-refractivity contribution in [2.45, 2.75) is 0 Å². The van der Waals surface area contributed by atoms with Gasteiger partial charge in [-0.3, -0.25) is 9.78 Å². The number of ether oxygens (including phenoxy) is 1. The smallest absolute Gasteiger partial charge is 0.269 e. The summed E-state index contributed by atoms with van der Waals surface area (Å²) in [4.78, 5) is 18.2. The minimum absolute atomic E-state index is 0.0848. The van der Waals surface area contributed by atoms with Gasteiger partial charge in [-0.1, -0.05) is 12.7 Å². The molecule has 0 aromatic carbocycles. The van der Waals surface area contributed by atoms with E-state index < -0.39 is 5.91 Å². The van der Waals surface area contributed by atoms with Crippen LogP contribution in [0.25, 0.3) is 0 Å². The lowest BCUT2D eigenvalue weighted by atomic mass is 10.4. The van der Waals surface area contributed by atoms with E-state index in [9.17, 15) is 4.79 Å². The zero-order chi connectivity index (χ0) is 9.68. The third-order valence-corrected chi connectivity index (χ3v) is 1.21. The Balaban J connectivity index is 2.79. The molecule has 1 rings (SSSR count). The number of carbonyl (C=O) groups excluding carboxylic acids is 1. The molecule has 5 heteroatoms. The first kappa shape index (κ1) is 9.18. The van der Waals surface area contributed by atoms with Gasteiger partial charge in [-0.15, -0.1) is 0 Å². The lowest BCUT2D eigenvalue weighted by Gasteiger charge is -2.01. The number of nitrogens with zero attached hydrogens (tertiary/aromatic N) is 2. The van der Waals surface area contributed by atoms with Crippen LogP contribution < -0.4 is 10.5 Å². The van der Waals surface area contributed by atoms with Gasteiger partial charge >= 0.3 is 0 Å². The molecule has 1 amide bonds. The van der Waals surface area contributed by atoms with E-state index in [1.165, 1.54) is 12.4 Å². The molecule has 0 aliphatic rings. The lowest BCUT2D eigenvalue weighted by Crippen LogP contribution is -2.14. The second kappa shape index (κ2) is 4.20. The fourth-order valence-corrected chi connectivity index (χ4v) is 0.681. The number of rotatable bonds is 4. The quantitative estimate of drug-likeness (QED) is 0.667. The molecule has 0 atom stereocenters. The van der Waals surface area contributed by atoms with Crippen LogP contribution >= 0.6 is 0 Å². The standard InChI is InChI=1S/C8H9N3O2/c1-2-3-13-7-5-10-4-6(11-7)8(9)12/h2,4-5H,1,3H2,(H2,9,12). The van der Waals surface area contributed by atoms with E-state index in [1.54, 1.807) is 6.08 Å². The highest BCUT2D eigenvalue weighted by molar-refractivity contribution is 5.90. The van der Waals surface area contributed by atoms with E-state index in [-0.39, 0.29) is 11.6 Å². The lowest BCUT2D eigenvalue weighted by molar-refractivity contribution is 0.0994. The second-order valence-corrected chi connectivity index (χ2v) is 2.21. The summed E-state index contributed by atoms with van der Waals surface area (Å²) in [5, 5.41) is 0. The Bertz CT molecular complexity index is 325. The first-order chi connectivity index (χ1) is 6.24. The maximum absolute atomic E-state index is 10.7. The molecular weight excluding hydrogens is 170 g/mol. The number of hydrogen-bond donors (Lipinski definition) is 1. The summed E-state index contributed by atoms with van der Waals surface area (Å²) in [6.07, 6.45) is 4.25. The third kappa shape index (κ3) is 2.55. The maximum atomic E-state index is 10.7. The van der Waals surface area contributed by atoms with Crippen molar-refractivity contribution < 1.29 is 9.53 Å². The molecule has 1 aromatic rings. The van der Waals surface area contributed by atoms with Gasteiger partial charge in [-0.05, 0) is 0 Å². The highest BCUT2D eigenvalue weighted by Gasteiger charge is 2.03. The van der Waals surface area contributed by atoms with Crippen LogP contribution in [0.5, 0.6) is 5.88 Å². The summed E-state index contributed by atoms with van der Waals surface area (Å²) in [5.74, 6) is -0.368. The van der Waals surface area contributed by atoms with E-state index in [1.807, 2.05) is 0 Å². The van der Waals surface area contributed by atoms with Gasteiger partial charge in [0, 0.05) is 0 Å². The van der Waals surface area contributed by atoms with E-state index in [0.717, 1.165) is 0 Å². The van der Waals surface area contributed by atoms with Gasteiger partial charge in [0.2, 0.25) is 5.88 Å². The van der Waals surface area contributed by atoms with E-state index in [2.05, 4.69) is 16.5 Å². The van der Waals surface area contributed by atoms with E-state index in [4.69, 9.17) is 10.5 Å². The molecule has 1 heterocycles. The van der Waals surface area contributed by atoms with Crippen molar-refractivity contribution >= 4 is 5.91 Å². The van der Waals surface area contributed by atoms with Crippen molar-refractivity contribution in [2.75, 3.05) is 6.61 Å². The van der Waals surface area contributed by atoms with Gasteiger partial charge in [0.1, 0.15) is 12.3 Å². The SMILES string of the molecule is C=CCOc1cncc(C(N)=O)n1. The summed E-state index contributed by atoms with van der Waals surface area (Å²) < 4.78 is 5.05. The zero-order valence-electron chi connectivity index (χ0n) is 6.93. The van der Waals surface area contributed by atoms with Crippen LogP contribution in [0.2, 0.25) is 0 Å². The van der Waals surface area contributed by atoms with Gasteiger partial charge in [-0.2, -0.15) is 0 Å². The predicted molar refractivity (Wildman–Crippen MR) is 46.2 cm³/mol. The summed E-state index contributed by atoms with van der Waals surface area (Å²) in [5.41, 5.74) is 5.08. The zero-order valence-corrected chi connectivity index (χ0v) is 6.93. The molecule has 13 heavy (non-hydrogen) atoms. The second-order valence-electron chi connectivity index (χ2n) is 2.21. The maximum Gasteiger partial charge on any atom is 0.269 e. The van der Waals surface area contributed by atoms with Crippen LogP contribution in [-0.2, 0) is 0 Å². The van der Waals surface area contributed by atoms with Crippen LogP contribution in [0.15, 0.2) is 25.0 Å². The third-order valence-electron chi connectivity index (χ3n) is 1.21. The Labute approximate surface area is 75.3 Å². The van der Waals surface area contributed by atoms with Crippen LogP contribution in [0.1, 0.15) is 10.5 Å². The molecule has 5 nitrogen and oxygen atoms in total. The summed E-state index contributed by atoms with van der Waals surface area (Å²) in [7, 11) is 0. The average molecular weight is 179 g/mol. The first-order valence-corrected chi connectivity index (χ1v) is 3.59. The normalized spacial score (nSPS) is 9.23. The van der Waals surface area contributed by atoms with Crippen molar-refractivity contribution in [1.82, 2.24) is 9.97 Å². The largest absolute Gasteiger partial charge is 0.472 e. The van der Waals surface area contributed by atoms with Crippen molar-refractivity contribution in [3.8, 4) is 5.88 Å². The number of amides is 1.